The molecule has 0 aliphatic heterocycles. The zero-order valence-electron chi connectivity index (χ0n) is 8.91. The SMILES string of the molecule is NC(CNCCc1ccccc1)P(=O)(O)O. The highest BCUT2D eigenvalue weighted by Crippen LogP contribution is 2.37. The van der Waals surface area contributed by atoms with Gasteiger partial charge in [0.25, 0.3) is 0 Å². The Balaban J connectivity index is 2.20. The molecule has 90 valence electrons. The fraction of sp³-hybridized carbons (Fsp3) is 0.400. The van der Waals surface area contributed by atoms with Crippen LogP contribution >= 0.6 is 7.60 Å². The molecular formula is C10H17N2O3P. The van der Waals surface area contributed by atoms with Gasteiger partial charge in [-0.25, -0.2) is 0 Å². The van der Waals surface area contributed by atoms with E-state index in [2.05, 4.69) is 5.32 Å². The van der Waals surface area contributed by atoms with Crippen LogP contribution in [-0.4, -0.2) is 28.7 Å². The molecule has 5 N–H and O–H groups in total. The van der Waals surface area contributed by atoms with E-state index in [0.717, 1.165) is 6.42 Å². The van der Waals surface area contributed by atoms with Gasteiger partial charge in [-0.2, -0.15) is 0 Å². The van der Waals surface area contributed by atoms with Gasteiger partial charge in [-0.05, 0) is 18.5 Å². The Morgan fingerprint density at radius 3 is 2.50 bits per heavy atom. The summed E-state index contributed by atoms with van der Waals surface area (Å²) in [7, 11) is -4.15. The molecule has 0 amide bonds. The lowest BCUT2D eigenvalue weighted by Gasteiger charge is -2.13. The maximum atomic E-state index is 10.7. The van der Waals surface area contributed by atoms with Crippen LogP contribution in [0.3, 0.4) is 0 Å². The molecule has 0 aliphatic rings. The van der Waals surface area contributed by atoms with Gasteiger partial charge in [-0.1, -0.05) is 30.3 Å². The van der Waals surface area contributed by atoms with E-state index in [1.165, 1.54) is 5.56 Å². The molecule has 0 radical (unpaired) electrons. The van der Waals surface area contributed by atoms with Crippen molar-refractivity contribution in [2.45, 2.75) is 12.2 Å². The fourth-order valence-corrected chi connectivity index (χ4v) is 1.61. The second-order valence-electron chi connectivity index (χ2n) is 3.60. The zero-order valence-corrected chi connectivity index (χ0v) is 9.81. The first-order valence-corrected chi connectivity index (χ1v) is 6.74. The second kappa shape index (κ2) is 6.13. The van der Waals surface area contributed by atoms with Crippen molar-refractivity contribution in [3.05, 3.63) is 35.9 Å². The van der Waals surface area contributed by atoms with Gasteiger partial charge in [0.15, 0.2) is 0 Å². The third kappa shape index (κ3) is 4.88. The first kappa shape index (κ1) is 13.4. The molecule has 0 fully saturated rings. The summed E-state index contributed by atoms with van der Waals surface area (Å²) >= 11 is 0. The minimum absolute atomic E-state index is 0.122. The second-order valence-corrected chi connectivity index (χ2v) is 5.44. The van der Waals surface area contributed by atoms with E-state index in [1.807, 2.05) is 30.3 Å². The molecule has 1 aromatic carbocycles. The summed E-state index contributed by atoms with van der Waals surface area (Å²) in [5, 5.41) is 2.92. The molecule has 0 heterocycles. The van der Waals surface area contributed by atoms with E-state index in [1.54, 1.807) is 0 Å². The lowest BCUT2D eigenvalue weighted by Crippen LogP contribution is -2.34. The van der Waals surface area contributed by atoms with Crippen molar-refractivity contribution in [3.63, 3.8) is 0 Å². The molecule has 0 bridgehead atoms. The summed E-state index contributed by atoms with van der Waals surface area (Å²) in [4.78, 5) is 17.5. The summed E-state index contributed by atoms with van der Waals surface area (Å²) in [6.45, 7) is 0.773. The van der Waals surface area contributed by atoms with Crippen molar-refractivity contribution in [2.75, 3.05) is 13.1 Å². The number of rotatable bonds is 6. The third-order valence-electron chi connectivity index (χ3n) is 2.22. The molecule has 16 heavy (non-hydrogen) atoms. The lowest BCUT2D eigenvalue weighted by atomic mass is 10.1. The molecule has 5 nitrogen and oxygen atoms in total. The molecular weight excluding hydrogens is 227 g/mol. The minimum atomic E-state index is -4.15. The van der Waals surface area contributed by atoms with Gasteiger partial charge in [0.05, 0.1) is 0 Å². The van der Waals surface area contributed by atoms with Crippen LogP contribution in [0.2, 0.25) is 0 Å². The molecule has 1 aromatic rings. The number of hydrogen-bond donors (Lipinski definition) is 4. The summed E-state index contributed by atoms with van der Waals surface area (Å²) in [5.74, 6) is -1.12. The molecule has 0 aliphatic carbocycles. The Kier molecular flexibility index (Phi) is 5.12. The number of nitrogens with two attached hydrogens (primary N) is 1. The lowest BCUT2D eigenvalue weighted by molar-refractivity contribution is 0.356. The van der Waals surface area contributed by atoms with Crippen LogP contribution in [0.4, 0.5) is 0 Å². The van der Waals surface area contributed by atoms with Crippen LogP contribution in [0.15, 0.2) is 30.3 Å². The van der Waals surface area contributed by atoms with Gasteiger partial charge in [0.1, 0.15) is 5.78 Å². The van der Waals surface area contributed by atoms with Crippen molar-refractivity contribution in [1.82, 2.24) is 5.32 Å². The van der Waals surface area contributed by atoms with Crippen LogP contribution < -0.4 is 11.1 Å². The minimum Gasteiger partial charge on any atom is -0.323 e. The molecule has 0 saturated heterocycles. The van der Waals surface area contributed by atoms with Gasteiger partial charge in [0.2, 0.25) is 0 Å². The van der Waals surface area contributed by atoms with Crippen molar-refractivity contribution < 1.29 is 14.4 Å². The van der Waals surface area contributed by atoms with Crippen LogP contribution in [0.5, 0.6) is 0 Å². The van der Waals surface area contributed by atoms with Crippen molar-refractivity contribution in [3.8, 4) is 0 Å². The normalized spacial score (nSPS) is 13.7. The Bertz CT molecular complexity index is 352. The highest BCUT2D eigenvalue weighted by molar-refractivity contribution is 7.52. The Labute approximate surface area is 94.8 Å². The Morgan fingerprint density at radius 2 is 1.94 bits per heavy atom. The van der Waals surface area contributed by atoms with E-state index in [4.69, 9.17) is 15.5 Å². The average molecular weight is 244 g/mol. The zero-order chi connectivity index (χ0) is 12.0. The Morgan fingerprint density at radius 1 is 1.31 bits per heavy atom. The topological polar surface area (TPSA) is 95.6 Å². The van der Waals surface area contributed by atoms with E-state index in [0.29, 0.717) is 6.54 Å². The fourth-order valence-electron chi connectivity index (χ4n) is 1.25. The molecule has 6 heteroatoms. The van der Waals surface area contributed by atoms with Crippen LogP contribution in [-0.2, 0) is 11.0 Å². The summed E-state index contributed by atoms with van der Waals surface area (Å²) in [6, 6.07) is 9.86. The Hall–Kier alpha value is -0.710. The van der Waals surface area contributed by atoms with Crippen molar-refractivity contribution >= 4 is 7.60 Å². The standard InChI is InChI=1S/C10H17N2O3P/c11-10(16(13,14)15)8-12-7-6-9-4-2-1-3-5-9/h1-5,10,12H,6-8,11H2,(H2,13,14,15). The summed E-state index contributed by atoms with van der Waals surface area (Å²) in [6.07, 6.45) is 0.814. The first-order chi connectivity index (χ1) is 7.50. The summed E-state index contributed by atoms with van der Waals surface area (Å²) in [5.41, 5.74) is 6.48. The maximum Gasteiger partial charge on any atom is 0.343 e. The predicted molar refractivity (Wildman–Crippen MR) is 63.0 cm³/mol. The monoisotopic (exact) mass is 244 g/mol. The van der Waals surface area contributed by atoms with Gasteiger partial charge in [0, 0.05) is 6.54 Å². The number of hydrogen-bond acceptors (Lipinski definition) is 3. The smallest absolute Gasteiger partial charge is 0.323 e. The average Bonchev–Trinajstić information content (AvgIpc) is 2.24. The predicted octanol–water partition coefficient (Wildman–Crippen LogP) is 0.281. The first-order valence-electron chi connectivity index (χ1n) is 5.05. The largest absolute Gasteiger partial charge is 0.343 e. The van der Waals surface area contributed by atoms with Gasteiger partial charge in [-0.15, -0.1) is 0 Å². The number of nitrogens with one attached hydrogen (secondary N) is 1. The van der Waals surface area contributed by atoms with Crippen molar-refractivity contribution in [2.24, 2.45) is 5.73 Å². The molecule has 0 spiro atoms. The maximum absolute atomic E-state index is 10.7. The molecule has 1 unspecified atom stereocenters. The number of benzene rings is 1. The van der Waals surface area contributed by atoms with Gasteiger partial charge < -0.3 is 20.8 Å². The van der Waals surface area contributed by atoms with E-state index >= 15 is 0 Å². The van der Waals surface area contributed by atoms with Crippen LogP contribution in [0.1, 0.15) is 5.56 Å². The third-order valence-corrected chi connectivity index (χ3v) is 3.27. The van der Waals surface area contributed by atoms with Gasteiger partial charge >= 0.3 is 7.60 Å². The van der Waals surface area contributed by atoms with Crippen LogP contribution in [0, 0.1) is 0 Å². The van der Waals surface area contributed by atoms with E-state index in [9.17, 15) is 4.57 Å². The van der Waals surface area contributed by atoms with Crippen LogP contribution in [0.25, 0.3) is 0 Å². The highest BCUT2D eigenvalue weighted by Gasteiger charge is 2.23. The van der Waals surface area contributed by atoms with E-state index in [-0.39, 0.29) is 6.54 Å². The molecule has 0 saturated carbocycles. The van der Waals surface area contributed by atoms with Gasteiger partial charge in [-0.3, -0.25) is 4.57 Å². The van der Waals surface area contributed by atoms with E-state index < -0.39 is 13.4 Å². The molecule has 1 rings (SSSR count). The molecule has 0 aromatic heterocycles. The summed E-state index contributed by atoms with van der Waals surface area (Å²) < 4.78 is 10.7. The molecule has 1 atom stereocenters. The van der Waals surface area contributed by atoms with Crippen molar-refractivity contribution in [1.29, 1.82) is 0 Å². The quantitative estimate of drug-likeness (QED) is 0.426. The highest BCUT2D eigenvalue weighted by atomic mass is 31.2.